The van der Waals surface area contributed by atoms with Gasteiger partial charge in [0.2, 0.25) is 0 Å². The van der Waals surface area contributed by atoms with E-state index in [1.165, 1.54) is 19.3 Å². The zero-order chi connectivity index (χ0) is 8.91. The van der Waals surface area contributed by atoms with Crippen LogP contribution in [0.1, 0.15) is 53.9 Å². The monoisotopic (exact) mass is 155 g/mol. The molecular formula is C11H23. The van der Waals surface area contributed by atoms with Crippen LogP contribution in [0.5, 0.6) is 0 Å². The van der Waals surface area contributed by atoms with Crippen molar-refractivity contribution >= 4 is 0 Å². The Bertz CT molecular complexity index is 92.2. The molecule has 0 aromatic carbocycles. The molecule has 67 valence electrons. The minimum Gasteiger partial charge on any atom is -0.0654 e. The van der Waals surface area contributed by atoms with Crippen molar-refractivity contribution in [3.63, 3.8) is 0 Å². The maximum Gasteiger partial charge on any atom is -0.0301 e. The summed E-state index contributed by atoms with van der Waals surface area (Å²) in [5.41, 5.74) is 0.439. The molecule has 0 aliphatic carbocycles. The van der Waals surface area contributed by atoms with Crippen LogP contribution in [0.25, 0.3) is 0 Å². The molecule has 0 N–H and O–H groups in total. The smallest absolute Gasteiger partial charge is 0.0301 e. The van der Waals surface area contributed by atoms with Gasteiger partial charge in [-0.1, -0.05) is 53.9 Å². The molecule has 0 aromatic heterocycles. The van der Waals surface area contributed by atoms with Gasteiger partial charge < -0.3 is 0 Å². The second kappa shape index (κ2) is 4.79. The lowest BCUT2D eigenvalue weighted by Gasteiger charge is -2.25. The Morgan fingerprint density at radius 2 is 1.82 bits per heavy atom. The Labute approximate surface area is 72.4 Å². The lowest BCUT2D eigenvalue weighted by molar-refractivity contribution is 0.361. The van der Waals surface area contributed by atoms with Crippen molar-refractivity contribution in [2.75, 3.05) is 0 Å². The highest BCUT2D eigenvalue weighted by molar-refractivity contribution is 4.87. The van der Waals surface area contributed by atoms with E-state index in [4.69, 9.17) is 0 Å². The van der Waals surface area contributed by atoms with Crippen LogP contribution in [0.15, 0.2) is 0 Å². The summed E-state index contributed by atoms with van der Waals surface area (Å²) < 4.78 is 0. The first-order valence-electron chi connectivity index (χ1n) is 4.88. The number of hydrogen-bond acceptors (Lipinski definition) is 0. The third-order valence-corrected chi connectivity index (χ3v) is 2.39. The van der Waals surface area contributed by atoms with Crippen LogP contribution < -0.4 is 0 Å². The Hall–Kier alpha value is 0. The molecule has 0 fully saturated rings. The summed E-state index contributed by atoms with van der Waals surface area (Å²) in [6.07, 6.45) is 6.39. The lowest BCUT2D eigenvalue weighted by atomic mass is 9.80. The van der Waals surface area contributed by atoms with E-state index < -0.39 is 0 Å². The molecule has 0 heterocycles. The lowest BCUT2D eigenvalue weighted by Crippen LogP contribution is -2.15. The van der Waals surface area contributed by atoms with Crippen LogP contribution in [-0.4, -0.2) is 0 Å². The van der Waals surface area contributed by atoms with Crippen LogP contribution in [0.3, 0.4) is 0 Å². The molecular weight excluding hydrogens is 132 g/mol. The molecule has 0 aromatic rings. The third kappa shape index (κ3) is 5.29. The van der Waals surface area contributed by atoms with E-state index in [1.807, 2.05) is 0 Å². The maximum atomic E-state index is 2.50. The molecule has 0 rings (SSSR count). The number of rotatable bonds is 5. The maximum absolute atomic E-state index is 2.50. The van der Waals surface area contributed by atoms with Gasteiger partial charge in [-0.2, -0.15) is 0 Å². The highest BCUT2D eigenvalue weighted by Crippen LogP contribution is 2.29. The van der Waals surface area contributed by atoms with Crippen LogP contribution in [-0.2, 0) is 0 Å². The molecule has 0 saturated carbocycles. The second-order valence-electron chi connectivity index (χ2n) is 4.27. The van der Waals surface area contributed by atoms with Gasteiger partial charge in [-0.15, -0.1) is 0 Å². The largest absolute Gasteiger partial charge is 0.0654 e. The molecule has 0 bridgehead atoms. The van der Waals surface area contributed by atoms with Crippen molar-refractivity contribution < 1.29 is 0 Å². The van der Waals surface area contributed by atoms with E-state index >= 15 is 0 Å². The molecule has 1 radical (unpaired) electrons. The van der Waals surface area contributed by atoms with Crippen molar-refractivity contribution in [2.24, 2.45) is 11.3 Å². The van der Waals surface area contributed by atoms with Crippen molar-refractivity contribution in [3.8, 4) is 0 Å². The van der Waals surface area contributed by atoms with E-state index in [0.717, 1.165) is 5.92 Å². The summed E-state index contributed by atoms with van der Waals surface area (Å²) in [4.78, 5) is 0. The molecule has 0 amide bonds. The Morgan fingerprint density at radius 3 is 2.18 bits per heavy atom. The summed E-state index contributed by atoms with van der Waals surface area (Å²) in [7, 11) is 0. The molecule has 1 atom stereocenters. The highest BCUT2D eigenvalue weighted by atomic mass is 14.2. The molecule has 0 aliphatic heterocycles. The minimum atomic E-state index is 0.439. The Morgan fingerprint density at radius 1 is 1.27 bits per heavy atom. The molecule has 0 nitrogen and oxygen atoms in total. The zero-order valence-electron chi connectivity index (χ0n) is 8.78. The van der Waals surface area contributed by atoms with Crippen molar-refractivity contribution in [3.05, 3.63) is 6.42 Å². The zero-order valence-corrected chi connectivity index (χ0v) is 8.78. The average molecular weight is 155 g/mol. The normalized spacial score (nSPS) is 15.0. The van der Waals surface area contributed by atoms with Gasteiger partial charge in [0.1, 0.15) is 0 Å². The second-order valence-corrected chi connectivity index (χ2v) is 4.27. The quantitative estimate of drug-likeness (QED) is 0.561. The van der Waals surface area contributed by atoms with Crippen molar-refractivity contribution in [1.29, 1.82) is 0 Å². The molecule has 0 spiro atoms. The van der Waals surface area contributed by atoms with Gasteiger partial charge in [0, 0.05) is 0 Å². The van der Waals surface area contributed by atoms with Crippen LogP contribution in [0, 0.1) is 17.8 Å². The predicted molar refractivity (Wildman–Crippen MR) is 52.4 cm³/mol. The van der Waals surface area contributed by atoms with Crippen molar-refractivity contribution in [1.82, 2.24) is 0 Å². The molecule has 1 unspecified atom stereocenters. The third-order valence-electron chi connectivity index (χ3n) is 2.39. The predicted octanol–water partition coefficient (Wildman–Crippen LogP) is 4.06. The van der Waals surface area contributed by atoms with Gasteiger partial charge in [0.25, 0.3) is 0 Å². The van der Waals surface area contributed by atoms with Gasteiger partial charge in [0.15, 0.2) is 0 Å². The number of hydrogen-bond donors (Lipinski definition) is 0. The summed E-state index contributed by atoms with van der Waals surface area (Å²) in [6.45, 7) is 11.5. The fraction of sp³-hybridized carbons (Fsp3) is 0.909. The SMILES string of the molecule is CCCC(C)[CH]C(C)(C)CC. The summed E-state index contributed by atoms with van der Waals surface area (Å²) in [5.74, 6) is 0.787. The van der Waals surface area contributed by atoms with Gasteiger partial charge in [-0.05, 0) is 17.8 Å². The molecule has 0 saturated heterocycles. The summed E-state index contributed by atoms with van der Waals surface area (Å²) in [6, 6.07) is 0. The molecule has 0 aliphatic rings. The van der Waals surface area contributed by atoms with E-state index in [-0.39, 0.29) is 0 Å². The van der Waals surface area contributed by atoms with Crippen LogP contribution in [0.4, 0.5) is 0 Å². The van der Waals surface area contributed by atoms with Gasteiger partial charge >= 0.3 is 0 Å². The standard InChI is InChI=1S/C11H23/c1-6-8-10(3)9-11(4,5)7-2/h9-10H,6-8H2,1-5H3. The van der Waals surface area contributed by atoms with Crippen molar-refractivity contribution in [2.45, 2.75) is 53.9 Å². The first kappa shape index (κ1) is 11.0. The topological polar surface area (TPSA) is 0 Å². The Balaban J connectivity index is 3.64. The first-order chi connectivity index (χ1) is 5.02. The van der Waals surface area contributed by atoms with E-state index in [0.29, 0.717) is 5.41 Å². The van der Waals surface area contributed by atoms with Gasteiger partial charge in [0.05, 0.1) is 0 Å². The summed E-state index contributed by atoms with van der Waals surface area (Å²) in [5, 5.41) is 0. The van der Waals surface area contributed by atoms with Crippen LogP contribution >= 0.6 is 0 Å². The fourth-order valence-electron chi connectivity index (χ4n) is 1.43. The Kier molecular flexibility index (Phi) is 4.79. The fourth-order valence-corrected chi connectivity index (χ4v) is 1.43. The van der Waals surface area contributed by atoms with Gasteiger partial charge in [-0.3, -0.25) is 0 Å². The van der Waals surface area contributed by atoms with E-state index in [1.54, 1.807) is 0 Å². The minimum absolute atomic E-state index is 0.439. The molecule has 0 heteroatoms. The van der Waals surface area contributed by atoms with Gasteiger partial charge in [-0.25, -0.2) is 0 Å². The molecule has 11 heavy (non-hydrogen) atoms. The summed E-state index contributed by atoms with van der Waals surface area (Å²) >= 11 is 0. The van der Waals surface area contributed by atoms with Crippen LogP contribution in [0.2, 0.25) is 0 Å². The average Bonchev–Trinajstić information content (AvgIpc) is 1.87. The highest BCUT2D eigenvalue weighted by Gasteiger charge is 2.18. The van der Waals surface area contributed by atoms with E-state index in [2.05, 4.69) is 41.0 Å². The first-order valence-corrected chi connectivity index (χ1v) is 4.88. The van der Waals surface area contributed by atoms with E-state index in [9.17, 15) is 0 Å².